The molecule has 1 aliphatic carbocycles. The molecule has 13 nitrogen and oxygen atoms in total. The number of carbonyl (C=O) groups is 2. The van der Waals surface area contributed by atoms with Gasteiger partial charge in [0.15, 0.2) is 6.10 Å². The van der Waals surface area contributed by atoms with Gasteiger partial charge in [0.25, 0.3) is 0 Å². The van der Waals surface area contributed by atoms with Gasteiger partial charge in [-0.3, -0.25) is 18.6 Å². The lowest BCUT2D eigenvalue weighted by Gasteiger charge is -2.41. The summed E-state index contributed by atoms with van der Waals surface area (Å²) in [5.74, 6) is -1.12. The monoisotopic (exact) mass is 792 g/mol. The summed E-state index contributed by atoms with van der Waals surface area (Å²) in [6, 6.07) is 0. The molecular weight excluding hydrogens is 719 g/mol. The Morgan fingerprint density at radius 3 is 1.46 bits per heavy atom. The zero-order valence-corrected chi connectivity index (χ0v) is 33.9. The van der Waals surface area contributed by atoms with Crippen LogP contribution in [-0.2, 0) is 32.7 Å². The maximum atomic E-state index is 12.8. The number of phosphoric acid groups is 1. The number of carbonyl (C=O) groups excluding carboxylic acids is 2. The van der Waals surface area contributed by atoms with E-state index in [-0.39, 0.29) is 12.8 Å². The van der Waals surface area contributed by atoms with Gasteiger partial charge in [-0.15, -0.1) is 0 Å². The highest BCUT2D eigenvalue weighted by Gasteiger charge is 2.51. The Bertz CT molecular complexity index is 1050. The van der Waals surface area contributed by atoms with Crippen molar-refractivity contribution in [3.8, 4) is 0 Å². The number of hydrogen-bond acceptors (Lipinski definition) is 12. The van der Waals surface area contributed by atoms with Crippen LogP contribution in [-0.4, -0.2) is 98.3 Å². The SMILES string of the molecule is CCCC/C=C\CCCCCCCC(=O)OCC(COP(=O)(O)OC1C(O)C(O)C(O)C(O)C1O)OC(=O)CCCCCCC/C=C\CCCCCCC. The molecule has 6 unspecified atom stereocenters. The Hall–Kier alpha value is -1.67. The molecule has 0 aromatic heterocycles. The summed E-state index contributed by atoms with van der Waals surface area (Å²) in [6.07, 6.45) is 18.2. The van der Waals surface area contributed by atoms with Crippen LogP contribution in [0.2, 0.25) is 0 Å². The maximum Gasteiger partial charge on any atom is 0.472 e. The van der Waals surface area contributed by atoms with Crippen molar-refractivity contribution in [1.82, 2.24) is 0 Å². The van der Waals surface area contributed by atoms with Crippen molar-refractivity contribution in [2.24, 2.45) is 0 Å². The predicted octanol–water partition coefficient (Wildman–Crippen LogP) is 6.89. The molecule has 0 radical (unpaired) electrons. The van der Waals surface area contributed by atoms with E-state index in [1.807, 2.05) is 0 Å². The van der Waals surface area contributed by atoms with E-state index in [2.05, 4.69) is 38.2 Å². The average molecular weight is 793 g/mol. The smallest absolute Gasteiger partial charge is 0.462 e. The number of aliphatic hydroxyl groups excluding tert-OH is 5. The molecule has 6 atom stereocenters. The first-order valence-corrected chi connectivity index (χ1v) is 22.1. The van der Waals surface area contributed by atoms with E-state index in [4.69, 9.17) is 18.5 Å². The summed E-state index contributed by atoms with van der Waals surface area (Å²) in [5, 5.41) is 50.0. The Kier molecular flexibility index (Phi) is 29.3. The summed E-state index contributed by atoms with van der Waals surface area (Å²) < 4.78 is 33.3. The second-order valence-electron chi connectivity index (χ2n) is 14.5. The van der Waals surface area contributed by atoms with E-state index >= 15 is 0 Å². The Labute approximate surface area is 324 Å². The molecule has 1 aliphatic rings. The molecule has 0 spiro atoms. The van der Waals surface area contributed by atoms with Gasteiger partial charge in [0.2, 0.25) is 0 Å². The average Bonchev–Trinajstić information content (AvgIpc) is 3.15. The van der Waals surface area contributed by atoms with Gasteiger partial charge < -0.3 is 39.9 Å². The first-order chi connectivity index (χ1) is 25.9. The number of hydrogen-bond donors (Lipinski definition) is 6. The number of ether oxygens (including phenoxy) is 2. The maximum absolute atomic E-state index is 12.8. The lowest BCUT2D eigenvalue weighted by atomic mass is 9.85. The highest BCUT2D eigenvalue weighted by molar-refractivity contribution is 7.47. The van der Waals surface area contributed by atoms with Crippen molar-refractivity contribution < 1.29 is 63.1 Å². The van der Waals surface area contributed by atoms with Gasteiger partial charge >= 0.3 is 19.8 Å². The second-order valence-corrected chi connectivity index (χ2v) is 15.9. The fourth-order valence-electron chi connectivity index (χ4n) is 6.08. The lowest BCUT2D eigenvalue weighted by molar-refractivity contribution is -0.220. The van der Waals surface area contributed by atoms with Crippen LogP contribution in [0.15, 0.2) is 24.3 Å². The van der Waals surface area contributed by atoms with E-state index in [0.717, 1.165) is 77.0 Å². The summed E-state index contributed by atoms with van der Waals surface area (Å²) in [4.78, 5) is 35.5. The van der Waals surface area contributed by atoms with Gasteiger partial charge in [-0.2, -0.15) is 0 Å². The number of rotatable bonds is 33. The van der Waals surface area contributed by atoms with Crippen LogP contribution in [0.4, 0.5) is 0 Å². The van der Waals surface area contributed by atoms with Crippen LogP contribution in [0.1, 0.15) is 162 Å². The summed E-state index contributed by atoms with van der Waals surface area (Å²) in [5.41, 5.74) is 0. The molecule has 316 valence electrons. The molecule has 0 aromatic carbocycles. The highest BCUT2D eigenvalue weighted by atomic mass is 31.2. The van der Waals surface area contributed by atoms with Gasteiger partial charge in [0, 0.05) is 12.8 Å². The summed E-state index contributed by atoms with van der Waals surface area (Å²) in [7, 11) is -5.11. The molecule has 0 aromatic rings. The topological polar surface area (TPSA) is 210 Å². The van der Waals surface area contributed by atoms with E-state index < -0.39 is 75.7 Å². The zero-order chi connectivity index (χ0) is 40.0. The molecule has 1 fully saturated rings. The molecule has 0 saturated heterocycles. The van der Waals surface area contributed by atoms with E-state index in [1.54, 1.807) is 0 Å². The molecule has 0 bridgehead atoms. The predicted molar refractivity (Wildman–Crippen MR) is 207 cm³/mol. The second kappa shape index (κ2) is 31.4. The lowest BCUT2D eigenvalue weighted by Crippen LogP contribution is -2.64. The molecular formula is C40H73O13P. The van der Waals surface area contributed by atoms with Crippen molar-refractivity contribution in [3.05, 3.63) is 24.3 Å². The number of allylic oxidation sites excluding steroid dienone is 4. The molecule has 14 heteroatoms. The minimum Gasteiger partial charge on any atom is -0.462 e. The van der Waals surface area contributed by atoms with Crippen molar-refractivity contribution >= 4 is 19.8 Å². The van der Waals surface area contributed by atoms with Gasteiger partial charge in [-0.1, -0.05) is 115 Å². The molecule has 6 N–H and O–H groups in total. The van der Waals surface area contributed by atoms with Crippen molar-refractivity contribution in [1.29, 1.82) is 0 Å². The number of esters is 2. The normalized spacial score (nSPS) is 23.5. The minimum absolute atomic E-state index is 0.0861. The first-order valence-electron chi connectivity index (χ1n) is 20.6. The van der Waals surface area contributed by atoms with E-state index in [1.165, 1.54) is 44.9 Å². The quantitative estimate of drug-likeness (QED) is 0.0173. The Morgan fingerprint density at radius 2 is 0.963 bits per heavy atom. The first kappa shape index (κ1) is 50.3. The molecule has 0 aliphatic heterocycles. The van der Waals surface area contributed by atoms with Crippen molar-refractivity contribution in [3.63, 3.8) is 0 Å². The van der Waals surface area contributed by atoms with Gasteiger partial charge in [-0.05, 0) is 57.8 Å². The largest absolute Gasteiger partial charge is 0.472 e. The highest BCUT2D eigenvalue weighted by Crippen LogP contribution is 2.47. The molecule has 54 heavy (non-hydrogen) atoms. The fraction of sp³-hybridized carbons (Fsp3) is 0.850. The molecule has 1 saturated carbocycles. The fourth-order valence-corrected chi connectivity index (χ4v) is 7.06. The minimum atomic E-state index is -5.11. The van der Waals surface area contributed by atoms with E-state index in [9.17, 15) is 44.6 Å². The molecule has 0 heterocycles. The van der Waals surface area contributed by atoms with Gasteiger partial charge in [-0.25, -0.2) is 4.57 Å². The van der Waals surface area contributed by atoms with Crippen LogP contribution in [0.25, 0.3) is 0 Å². The van der Waals surface area contributed by atoms with E-state index in [0.29, 0.717) is 12.8 Å². The number of phosphoric ester groups is 1. The zero-order valence-electron chi connectivity index (χ0n) is 33.0. The van der Waals surface area contributed by atoms with Crippen molar-refractivity contribution in [2.75, 3.05) is 13.2 Å². The standard InChI is InChI=1S/C40H73O13P/c1-3-5-7-9-11-13-15-16-17-19-21-23-25-27-29-34(42)52-32(30-50-33(41)28-26-24-22-20-18-14-12-10-8-6-4-2)31-51-54(48,49)53-40-38(46)36(44)35(43)37(45)39(40)47/h10,12,15-16,32,35-40,43-47H,3-9,11,13-14,17-31H2,1-2H3,(H,48,49)/b12-10-,16-15-. The number of unbranched alkanes of at least 4 members (excludes halogenated alkanes) is 17. The Balaban J connectivity index is 2.53. The van der Waals surface area contributed by atoms with Gasteiger partial charge in [0.1, 0.15) is 43.2 Å². The molecule has 1 rings (SSSR count). The number of aliphatic hydroxyl groups is 5. The third-order valence-electron chi connectivity index (χ3n) is 9.52. The van der Waals surface area contributed by atoms with Crippen molar-refractivity contribution in [2.45, 2.75) is 204 Å². The van der Waals surface area contributed by atoms with Crippen LogP contribution < -0.4 is 0 Å². The van der Waals surface area contributed by atoms with Crippen LogP contribution >= 0.6 is 7.82 Å². The third-order valence-corrected chi connectivity index (χ3v) is 10.5. The Morgan fingerprint density at radius 1 is 0.556 bits per heavy atom. The third kappa shape index (κ3) is 24.1. The summed E-state index contributed by atoms with van der Waals surface area (Å²) in [6.45, 7) is 3.21. The van der Waals surface area contributed by atoms with Crippen LogP contribution in [0, 0.1) is 0 Å². The van der Waals surface area contributed by atoms with Crippen LogP contribution in [0.5, 0.6) is 0 Å². The van der Waals surface area contributed by atoms with Gasteiger partial charge in [0.05, 0.1) is 6.61 Å². The molecule has 0 amide bonds. The van der Waals surface area contributed by atoms with Crippen LogP contribution in [0.3, 0.4) is 0 Å². The summed E-state index contributed by atoms with van der Waals surface area (Å²) >= 11 is 0.